The van der Waals surface area contributed by atoms with Gasteiger partial charge in [0.2, 0.25) is 0 Å². The van der Waals surface area contributed by atoms with Gasteiger partial charge in [0.1, 0.15) is 0 Å². The zero-order valence-corrected chi connectivity index (χ0v) is 13.6. The van der Waals surface area contributed by atoms with E-state index in [2.05, 4.69) is 41.6 Å². The third kappa shape index (κ3) is 3.34. The summed E-state index contributed by atoms with van der Waals surface area (Å²) >= 11 is 6.53. The number of rotatable bonds is 3. The number of carbonyl (C=O) groups is 1. The number of hydrogen-bond acceptors (Lipinski definition) is 4. The first-order valence-electron chi connectivity index (χ1n) is 5.60. The van der Waals surface area contributed by atoms with Crippen LogP contribution in [0.15, 0.2) is 44.3 Å². The normalized spacial score (nSPS) is 10.3. The van der Waals surface area contributed by atoms with Gasteiger partial charge in [-0.25, -0.2) is 4.79 Å². The third-order valence-electron chi connectivity index (χ3n) is 2.59. The number of methoxy groups -OCH3 is 1. The van der Waals surface area contributed by atoms with E-state index in [-0.39, 0.29) is 5.56 Å². The molecule has 0 N–H and O–H groups in total. The second kappa shape index (κ2) is 6.32. The zero-order chi connectivity index (χ0) is 14.7. The molecule has 0 spiro atoms. The zero-order valence-electron chi connectivity index (χ0n) is 10.5. The van der Waals surface area contributed by atoms with Crippen molar-refractivity contribution < 1.29 is 9.53 Å². The molecule has 0 saturated carbocycles. The summed E-state index contributed by atoms with van der Waals surface area (Å²) in [5.74, 6) is -0.439. The van der Waals surface area contributed by atoms with Gasteiger partial charge in [-0.2, -0.15) is 0 Å². The minimum atomic E-state index is -0.439. The molecule has 0 aliphatic rings. The Balaban J connectivity index is 2.27. The molecular formula is C13H10Br2N2O3. The molecule has 0 aliphatic carbocycles. The second-order valence-electron chi connectivity index (χ2n) is 3.97. The number of ether oxygens (including phenoxy) is 1. The molecule has 0 bridgehead atoms. The molecule has 2 aromatic rings. The smallest absolute Gasteiger partial charge is 0.339 e. The summed E-state index contributed by atoms with van der Waals surface area (Å²) in [5, 5.41) is 0. The summed E-state index contributed by atoms with van der Waals surface area (Å²) in [5.41, 5.74) is 0.899. The molecule has 2 rings (SSSR count). The van der Waals surface area contributed by atoms with Crippen molar-refractivity contribution in [2.75, 3.05) is 7.11 Å². The lowest BCUT2D eigenvalue weighted by atomic mass is 10.2. The van der Waals surface area contributed by atoms with Crippen molar-refractivity contribution in [1.82, 2.24) is 9.55 Å². The summed E-state index contributed by atoms with van der Waals surface area (Å²) in [4.78, 5) is 27.4. The van der Waals surface area contributed by atoms with Gasteiger partial charge in [-0.15, -0.1) is 0 Å². The molecule has 20 heavy (non-hydrogen) atoms. The highest BCUT2D eigenvalue weighted by Crippen LogP contribution is 2.13. The summed E-state index contributed by atoms with van der Waals surface area (Å²) in [6.07, 6.45) is 3.11. The molecule has 2 heterocycles. The van der Waals surface area contributed by atoms with Gasteiger partial charge in [-0.3, -0.25) is 9.78 Å². The fourth-order valence-corrected chi connectivity index (χ4v) is 2.87. The highest BCUT2D eigenvalue weighted by Gasteiger charge is 2.07. The largest absolute Gasteiger partial charge is 0.465 e. The van der Waals surface area contributed by atoms with Crippen LogP contribution in [0.2, 0.25) is 0 Å². The SMILES string of the molecule is COC(=O)c1ccc(Cn2cc(Br)cc(Br)c2=O)nc1. The van der Waals surface area contributed by atoms with Gasteiger partial charge in [0.25, 0.3) is 5.56 Å². The van der Waals surface area contributed by atoms with Gasteiger partial charge in [0, 0.05) is 16.9 Å². The van der Waals surface area contributed by atoms with Crippen LogP contribution in [0.25, 0.3) is 0 Å². The van der Waals surface area contributed by atoms with Crippen molar-refractivity contribution in [2.45, 2.75) is 6.54 Å². The van der Waals surface area contributed by atoms with Crippen molar-refractivity contribution in [3.63, 3.8) is 0 Å². The fraction of sp³-hybridized carbons (Fsp3) is 0.154. The van der Waals surface area contributed by atoms with Gasteiger partial charge in [-0.05, 0) is 50.1 Å². The van der Waals surface area contributed by atoms with E-state index in [0.717, 1.165) is 4.47 Å². The quantitative estimate of drug-likeness (QED) is 0.741. The minimum absolute atomic E-state index is 0.146. The van der Waals surface area contributed by atoms with Gasteiger partial charge in [0.15, 0.2) is 0 Å². The molecule has 2 aromatic heterocycles. The fourth-order valence-electron chi connectivity index (χ4n) is 1.61. The van der Waals surface area contributed by atoms with E-state index < -0.39 is 5.97 Å². The molecule has 0 saturated heterocycles. The van der Waals surface area contributed by atoms with Gasteiger partial charge in [0.05, 0.1) is 29.4 Å². The van der Waals surface area contributed by atoms with Crippen LogP contribution in [0.4, 0.5) is 0 Å². The van der Waals surface area contributed by atoms with E-state index in [1.54, 1.807) is 24.4 Å². The standard InChI is InChI=1S/C13H10Br2N2O3/c1-20-13(19)8-2-3-10(16-5-8)7-17-6-9(14)4-11(15)12(17)18/h2-6H,7H2,1H3. The number of aromatic nitrogens is 2. The maximum absolute atomic E-state index is 11.9. The average molecular weight is 402 g/mol. The number of esters is 1. The van der Waals surface area contributed by atoms with Crippen molar-refractivity contribution in [3.8, 4) is 0 Å². The van der Waals surface area contributed by atoms with Gasteiger partial charge in [-0.1, -0.05) is 0 Å². The van der Waals surface area contributed by atoms with E-state index in [9.17, 15) is 9.59 Å². The summed E-state index contributed by atoms with van der Waals surface area (Å²) in [6.45, 7) is 0.318. The van der Waals surface area contributed by atoms with Gasteiger partial charge >= 0.3 is 5.97 Å². The molecule has 0 radical (unpaired) electrons. The van der Waals surface area contributed by atoms with Crippen molar-refractivity contribution >= 4 is 37.8 Å². The van der Waals surface area contributed by atoms with Crippen LogP contribution < -0.4 is 5.56 Å². The van der Waals surface area contributed by atoms with Gasteiger partial charge < -0.3 is 9.30 Å². The lowest BCUT2D eigenvalue weighted by Crippen LogP contribution is -2.21. The van der Waals surface area contributed by atoms with E-state index in [1.807, 2.05) is 0 Å². The Morgan fingerprint density at radius 3 is 2.75 bits per heavy atom. The Hall–Kier alpha value is -1.47. The number of nitrogens with zero attached hydrogens (tertiary/aromatic N) is 2. The lowest BCUT2D eigenvalue weighted by molar-refractivity contribution is 0.0600. The molecule has 7 heteroatoms. The number of hydrogen-bond donors (Lipinski definition) is 0. The number of pyridine rings is 2. The number of halogens is 2. The minimum Gasteiger partial charge on any atom is -0.465 e. The van der Waals surface area contributed by atoms with E-state index in [0.29, 0.717) is 22.3 Å². The predicted molar refractivity (Wildman–Crippen MR) is 80.8 cm³/mol. The molecule has 0 aliphatic heterocycles. The molecule has 104 valence electrons. The van der Waals surface area contributed by atoms with Crippen molar-refractivity contribution in [3.05, 3.63) is 61.1 Å². The van der Waals surface area contributed by atoms with Crippen molar-refractivity contribution in [1.29, 1.82) is 0 Å². The lowest BCUT2D eigenvalue weighted by Gasteiger charge is -2.07. The van der Waals surface area contributed by atoms with Crippen molar-refractivity contribution in [2.24, 2.45) is 0 Å². The molecule has 0 aromatic carbocycles. The Bertz CT molecular complexity index is 696. The first-order valence-corrected chi connectivity index (χ1v) is 7.18. The first-order chi connectivity index (χ1) is 9.51. The Morgan fingerprint density at radius 1 is 1.40 bits per heavy atom. The molecule has 0 amide bonds. The molecule has 0 unspecified atom stereocenters. The monoisotopic (exact) mass is 400 g/mol. The van der Waals surface area contributed by atoms with E-state index >= 15 is 0 Å². The van der Waals surface area contributed by atoms with Crippen LogP contribution in [0.1, 0.15) is 16.1 Å². The van der Waals surface area contributed by atoms with Crippen LogP contribution in [-0.2, 0) is 11.3 Å². The van der Waals surface area contributed by atoms with E-state index in [4.69, 9.17) is 0 Å². The summed E-state index contributed by atoms with van der Waals surface area (Å²) < 4.78 is 7.38. The Morgan fingerprint density at radius 2 is 2.15 bits per heavy atom. The Kier molecular flexibility index (Phi) is 4.72. The van der Waals surface area contributed by atoms with E-state index in [1.165, 1.54) is 17.9 Å². The predicted octanol–water partition coefficient (Wildman–Crippen LogP) is 2.60. The third-order valence-corrected chi connectivity index (χ3v) is 3.59. The first kappa shape index (κ1) is 14.9. The van der Waals surface area contributed by atoms with Crippen LogP contribution in [0.3, 0.4) is 0 Å². The molecule has 0 atom stereocenters. The van der Waals surface area contributed by atoms with Crippen LogP contribution in [-0.4, -0.2) is 22.6 Å². The molecule has 5 nitrogen and oxygen atoms in total. The Labute approximate surface area is 131 Å². The number of carbonyl (C=O) groups excluding carboxylic acids is 1. The van der Waals surface area contributed by atoms with Crippen LogP contribution in [0.5, 0.6) is 0 Å². The summed E-state index contributed by atoms with van der Waals surface area (Å²) in [6, 6.07) is 4.99. The highest BCUT2D eigenvalue weighted by molar-refractivity contribution is 9.11. The van der Waals surface area contributed by atoms with Crippen LogP contribution in [0, 0.1) is 0 Å². The average Bonchev–Trinajstić information content (AvgIpc) is 2.44. The topological polar surface area (TPSA) is 61.2 Å². The maximum atomic E-state index is 11.9. The maximum Gasteiger partial charge on any atom is 0.339 e. The summed E-state index contributed by atoms with van der Waals surface area (Å²) in [7, 11) is 1.31. The molecular weight excluding hydrogens is 392 g/mol. The second-order valence-corrected chi connectivity index (χ2v) is 5.74. The van der Waals surface area contributed by atoms with Crippen LogP contribution >= 0.6 is 31.9 Å². The molecule has 0 fully saturated rings. The highest BCUT2D eigenvalue weighted by atomic mass is 79.9.